The van der Waals surface area contributed by atoms with Crippen molar-refractivity contribution in [2.75, 3.05) is 0 Å². The van der Waals surface area contributed by atoms with Crippen molar-refractivity contribution in [1.82, 2.24) is 15.0 Å². The number of nitrogens with zero attached hydrogens (tertiary/aromatic N) is 3. The molecule has 9 aromatic carbocycles. The van der Waals surface area contributed by atoms with Gasteiger partial charge in [-0.25, -0.2) is 15.0 Å². The largest absolute Gasteiger partial charge is 0.208 e. The minimum atomic E-state index is 0.224. The molecule has 3 heteroatoms. The SMILES string of the molecule is c1ccc(CC2CCc3cccc4c5ccccc5c5c6ccccc6c(-c6nc(-c7ccccc7)nc(-c7ccc(-c8ccccc8)cc7)n6)c2c5c34)cc1. The summed E-state index contributed by atoms with van der Waals surface area (Å²) in [5.74, 6) is 2.28. The molecule has 1 aliphatic carbocycles. The molecule has 10 aromatic rings. The summed E-state index contributed by atoms with van der Waals surface area (Å²) in [4.78, 5) is 16.1. The molecule has 1 heterocycles. The molecular weight excluding hydrogens is 679 g/mol. The van der Waals surface area contributed by atoms with Gasteiger partial charge in [0.25, 0.3) is 0 Å². The normalized spacial score (nSPS) is 13.8. The first-order valence-corrected chi connectivity index (χ1v) is 19.6. The van der Waals surface area contributed by atoms with E-state index in [0.29, 0.717) is 17.5 Å². The Balaban J connectivity index is 1.26. The number of aromatic nitrogens is 3. The van der Waals surface area contributed by atoms with Crippen LogP contribution in [0.4, 0.5) is 0 Å². The number of aryl methyl sites for hydroxylation is 1. The van der Waals surface area contributed by atoms with Crippen molar-refractivity contribution >= 4 is 43.1 Å². The average Bonchev–Trinajstić information content (AvgIpc) is 3.43. The van der Waals surface area contributed by atoms with Gasteiger partial charge in [-0.1, -0.05) is 182 Å². The summed E-state index contributed by atoms with van der Waals surface area (Å²) in [5.41, 5.74) is 9.48. The van der Waals surface area contributed by atoms with E-state index in [0.717, 1.165) is 41.5 Å². The van der Waals surface area contributed by atoms with Crippen LogP contribution >= 0.6 is 0 Å². The number of hydrogen-bond acceptors (Lipinski definition) is 3. The molecule has 56 heavy (non-hydrogen) atoms. The maximum Gasteiger partial charge on any atom is 0.165 e. The lowest BCUT2D eigenvalue weighted by atomic mass is 9.79. The van der Waals surface area contributed by atoms with E-state index in [1.165, 1.54) is 65.3 Å². The van der Waals surface area contributed by atoms with Gasteiger partial charge in [-0.05, 0) is 96.1 Å². The predicted octanol–water partition coefficient (Wildman–Crippen LogP) is 13.4. The van der Waals surface area contributed by atoms with E-state index in [-0.39, 0.29) is 5.92 Å². The zero-order valence-electron chi connectivity index (χ0n) is 30.9. The fraction of sp³-hybridized carbons (Fsp3) is 0.0755. The lowest BCUT2D eigenvalue weighted by Gasteiger charge is -2.25. The molecule has 0 saturated heterocycles. The quantitative estimate of drug-likeness (QED) is 0.161. The lowest BCUT2D eigenvalue weighted by molar-refractivity contribution is 0.631. The third-order valence-corrected chi connectivity index (χ3v) is 11.8. The molecular formula is C53H37N3. The van der Waals surface area contributed by atoms with Gasteiger partial charge in [0.1, 0.15) is 0 Å². The van der Waals surface area contributed by atoms with Crippen molar-refractivity contribution in [2.45, 2.75) is 25.2 Å². The van der Waals surface area contributed by atoms with Gasteiger partial charge in [0.2, 0.25) is 0 Å². The number of hydrogen-bond donors (Lipinski definition) is 0. The van der Waals surface area contributed by atoms with E-state index in [1.807, 2.05) is 6.07 Å². The molecule has 0 bridgehead atoms. The minimum absolute atomic E-state index is 0.224. The number of rotatable bonds is 6. The van der Waals surface area contributed by atoms with E-state index in [2.05, 4.69) is 176 Å². The van der Waals surface area contributed by atoms with Gasteiger partial charge in [-0.2, -0.15) is 0 Å². The van der Waals surface area contributed by atoms with Crippen LogP contribution in [0.1, 0.15) is 29.0 Å². The van der Waals surface area contributed by atoms with Gasteiger partial charge in [0.05, 0.1) is 0 Å². The molecule has 0 aliphatic heterocycles. The molecule has 0 saturated carbocycles. The van der Waals surface area contributed by atoms with Crippen molar-refractivity contribution in [3.63, 3.8) is 0 Å². The third kappa shape index (κ3) is 5.39. The maximum absolute atomic E-state index is 5.48. The Labute approximate surface area is 326 Å². The highest BCUT2D eigenvalue weighted by Crippen LogP contribution is 2.51. The molecule has 1 unspecified atom stereocenters. The summed E-state index contributed by atoms with van der Waals surface area (Å²) in [6.07, 6.45) is 2.94. The lowest BCUT2D eigenvalue weighted by Crippen LogP contribution is -2.09. The average molecular weight is 716 g/mol. The molecule has 11 rings (SSSR count). The van der Waals surface area contributed by atoms with Crippen molar-refractivity contribution < 1.29 is 0 Å². The molecule has 1 aliphatic rings. The van der Waals surface area contributed by atoms with Crippen LogP contribution in [-0.4, -0.2) is 15.0 Å². The molecule has 3 nitrogen and oxygen atoms in total. The summed E-state index contributed by atoms with van der Waals surface area (Å²) in [6.45, 7) is 0. The smallest absolute Gasteiger partial charge is 0.165 e. The van der Waals surface area contributed by atoms with Crippen LogP contribution in [-0.2, 0) is 12.8 Å². The summed E-state index contributed by atoms with van der Waals surface area (Å²) in [6, 6.07) is 65.3. The van der Waals surface area contributed by atoms with E-state index < -0.39 is 0 Å². The van der Waals surface area contributed by atoms with Crippen molar-refractivity contribution in [3.05, 3.63) is 199 Å². The van der Waals surface area contributed by atoms with Crippen LogP contribution in [0.25, 0.3) is 88.4 Å². The van der Waals surface area contributed by atoms with Crippen molar-refractivity contribution in [3.8, 4) is 45.3 Å². The second-order valence-electron chi connectivity index (χ2n) is 15.0. The molecule has 264 valence electrons. The van der Waals surface area contributed by atoms with Gasteiger partial charge in [0.15, 0.2) is 17.5 Å². The highest BCUT2D eigenvalue weighted by molar-refractivity contribution is 6.34. The van der Waals surface area contributed by atoms with Crippen LogP contribution < -0.4 is 0 Å². The molecule has 0 radical (unpaired) electrons. The van der Waals surface area contributed by atoms with Crippen LogP contribution in [0, 0.1) is 0 Å². The zero-order valence-corrected chi connectivity index (χ0v) is 30.9. The first-order chi connectivity index (χ1) is 27.8. The second kappa shape index (κ2) is 13.4. The van der Waals surface area contributed by atoms with Crippen LogP contribution in [0.3, 0.4) is 0 Å². The van der Waals surface area contributed by atoms with Gasteiger partial charge in [-0.3, -0.25) is 0 Å². The zero-order chi connectivity index (χ0) is 37.0. The monoisotopic (exact) mass is 715 g/mol. The molecule has 0 amide bonds. The Kier molecular flexibility index (Phi) is 7.77. The topological polar surface area (TPSA) is 38.7 Å². The maximum atomic E-state index is 5.48. The number of benzene rings is 9. The summed E-state index contributed by atoms with van der Waals surface area (Å²) < 4.78 is 0. The Morgan fingerprint density at radius 1 is 0.375 bits per heavy atom. The Hall–Kier alpha value is -6.97. The molecule has 0 spiro atoms. The van der Waals surface area contributed by atoms with E-state index in [4.69, 9.17) is 15.0 Å². The van der Waals surface area contributed by atoms with Gasteiger partial charge in [-0.15, -0.1) is 0 Å². The molecule has 1 atom stereocenters. The second-order valence-corrected chi connectivity index (χ2v) is 15.0. The molecule has 0 fully saturated rings. The predicted molar refractivity (Wildman–Crippen MR) is 233 cm³/mol. The highest BCUT2D eigenvalue weighted by atomic mass is 15.0. The van der Waals surface area contributed by atoms with E-state index in [1.54, 1.807) is 0 Å². The van der Waals surface area contributed by atoms with Crippen LogP contribution in [0.5, 0.6) is 0 Å². The van der Waals surface area contributed by atoms with Crippen molar-refractivity contribution in [1.29, 1.82) is 0 Å². The fourth-order valence-electron chi connectivity index (χ4n) is 9.26. The standard InChI is InChI=1S/C53H37N3/c1-4-15-34(16-5-1)33-40-32-29-37-21-14-26-42-41-22-10-11-23-43(41)48-44-24-12-13-25-45(44)49(47(40)50(48)46(37)42)53-55-51(38-19-8-3-9-20-38)54-52(56-53)39-30-27-36(28-31-39)35-17-6-2-7-18-35/h1-28,30-31,40H,29,32-33H2. The van der Waals surface area contributed by atoms with Gasteiger partial charge in [0, 0.05) is 16.7 Å². The fourth-order valence-corrected chi connectivity index (χ4v) is 9.26. The first-order valence-electron chi connectivity index (χ1n) is 19.6. The van der Waals surface area contributed by atoms with Gasteiger partial charge >= 0.3 is 0 Å². The Morgan fingerprint density at radius 2 is 0.857 bits per heavy atom. The van der Waals surface area contributed by atoms with Crippen molar-refractivity contribution in [2.24, 2.45) is 0 Å². The molecule has 0 N–H and O–H groups in total. The van der Waals surface area contributed by atoms with Crippen LogP contribution in [0.15, 0.2) is 182 Å². The van der Waals surface area contributed by atoms with Gasteiger partial charge < -0.3 is 0 Å². The number of fused-ring (bicyclic) bond motifs is 5. The Morgan fingerprint density at radius 3 is 1.55 bits per heavy atom. The van der Waals surface area contributed by atoms with Crippen LogP contribution in [0.2, 0.25) is 0 Å². The first kappa shape index (κ1) is 32.5. The highest BCUT2D eigenvalue weighted by Gasteiger charge is 2.30. The Bertz CT molecular complexity index is 3080. The summed E-state index contributed by atoms with van der Waals surface area (Å²) >= 11 is 0. The molecule has 1 aromatic heterocycles. The van der Waals surface area contributed by atoms with E-state index in [9.17, 15) is 0 Å². The summed E-state index contributed by atoms with van der Waals surface area (Å²) in [7, 11) is 0. The summed E-state index contributed by atoms with van der Waals surface area (Å²) in [5, 5.41) is 10.3. The van der Waals surface area contributed by atoms with E-state index >= 15 is 0 Å². The minimum Gasteiger partial charge on any atom is -0.208 e. The third-order valence-electron chi connectivity index (χ3n) is 11.8.